The fourth-order valence-electron chi connectivity index (χ4n) is 2.50. The third-order valence-electron chi connectivity index (χ3n) is 3.60. The van der Waals surface area contributed by atoms with Gasteiger partial charge in [-0.25, -0.2) is 4.98 Å². The molecule has 0 N–H and O–H groups in total. The highest BCUT2D eigenvalue weighted by molar-refractivity contribution is 7.19. The number of hydrogen-bond acceptors (Lipinski definition) is 3. The third kappa shape index (κ3) is 3.07. The second-order valence-electron chi connectivity index (χ2n) is 5.09. The Morgan fingerprint density at radius 1 is 1.15 bits per heavy atom. The number of likely N-dealkylation sites (tertiary alicyclic amines) is 1. The van der Waals surface area contributed by atoms with Gasteiger partial charge in [-0.2, -0.15) is 0 Å². The van der Waals surface area contributed by atoms with E-state index in [0.717, 1.165) is 41.2 Å². The van der Waals surface area contributed by atoms with Crippen molar-refractivity contribution in [1.29, 1.82) is 0 Å². The van der Waals surface area contributed by atoms with Gasteiger partial charge in [-0.05, 0) is 31.1 Å². The molecule has 4 heteroatoms. The molecule has 1 aliphatic rings. The van der Waals surface area contributed by atoms with Crippen molar-refractivity contribution >= 4 is 33.5 Å². The van der Waals surface area contributed by atoms with Gasteiger partial charge in [0, 0.05) is 19.2 Å². The van der Waals surface area contributed by atoms with Crippen LogP contribution < -0.4 is 0 Å². The molecule has 0 atom stereocenters. The highest BCUT2D eigenvalue weighted by Crippen LogP contribution is 2.22. The highest BCUT2D eigenvalue weighted by Gasteiger charge is 2.12. The molecular formula is C16H18N2OS. The van der Waals surface area contributed by atoms with E-state index < -0.39 is 0 Å². The van der Waals surface area contributed by atoms with E-state index in [-0.39, 0.29) is 5.91 Å². The van der Waals surface area contributed by atoms with Crippen molar-refractivity contribution in [3.05, 3.63) is 35.3 Å². The third-order valence-corrected chi connectivity index (χ3v) is 4.60. The minimum atomic E-state index is 0.117. The summed E-state index contributed by atoms with van der Waals surface area (Å²) in [5, 5.41) is 0.898. The minimum Gasteiger partial charge on any atom is -0.339 e. The van der Waals surface area contributed by atoms with Crippen LogP contribution in [0.1, 0.15) is 30.7 Å². The summed E-state index contributed by atoms with van der Waals surface area (Å²) >= 11 is 1.62. The molecule has 20 heavy (non-hydrogen) atoms. The zero-order chi connectivity index (χ0) is 13.8. The summed E-state index contributed by atoms with van der Waals surface area (Å²) in [6.07, 6.45) is 8.25. The van der Waals surface area contributed by atoms with Crippen LogP contribution in [0.2, 0.25) is 0 Å². The number of fused-ring (bicyclic) bond motifs is 1. The van der Waals surface area contributed by atoms with Gasteiger partial charge in [-0.15, -0.1) is 11.3 Å². The zero-order valence-electron chi connectivity index (χ0n) is 11.4. The minimum absolute atomic E-state index is 0.117. The number of para-hydroxylation sites is 1. The summed E-state index contributed by atoms with van der Waals surface area (Å²) < 4.78 is 1.16. The van der Waals surface area contributed by atoms with Crippen molar-refractivity contribution in [2.75, 3.05) is 13.1 Å². The first-order chi connectivity index (χ1) is 9.83. The Hall–Kier alpha value is -1.68. The topological polar surface area (TPSA) is 33.2 Å². The van der Waals surface area contributed by atoms with Crippen LogP contribution in [0, 0.1) is 0 Å². The van der Waals surface area contributed by atoms with Gasteiger partial charge in [0.1, 0.15) is 5.01 Å². The van der Waals surface area contributed by atoms with Crippen LogP contribution >= 0.6 is 11.3 Å². The molecule has 3 nitrogen and oxygen atoms in total. The lowest BCUT2D eigenvalue weighted by Gasteiger charge is -2.17. The maximum absolute atomic E-state index is 12.2. The molecule has 1 amide bonds. The van der Waals surface area contributed by atoms with Crippen LogP contribution in [-0.4, -0.2) is 28.9 Å². The molecule has 2 heterocycles. The van der Waals surface area contributed by atoms with Crippen LogP contribution in [-0.2, 0) is 4.79 Å². The van der Waals surface area contributed by atoms with Crippen molar-refractivity contribution in [2.24, 2.45) is 0 Å². The quantitative estimate of drug-likeness (QED) is 0.788. The van der Waals surface area contributed by atoms with Gasteiger partial charge < -0.3 is 4.90 Å². The molecule has 0 aliphatic carbocycles. The highest BCUT2D eigenvalue weighted by atomic mass is 32.1. The molecule has 1 aromatic heterocycles. The molecule has 104 valence electrons. The first kappa shape index (κ1) is 13.3. The number of aromatic nitrogens is 1. The Labute approximate surface area is 122 Å². The number of carbonyl (C=O) groups is 1. The number of carbonyl (C=O) groups excluding carboxylic acids is 1. The van der Waals surface area contributed by atoms with Crippen LogP contribution in [0.15, 0.2) is 30.3 Å². The van der Waals surface area contributed by atoms with Gasteiger partial charge >= 0.3 is 0 Å². The Balaban J connectivity index is 1.70. The average molecular weight is 286 g/mol. The molecule has 0 radical (unpaired) electrons. The smallest absolute Gasteiger partial charge is 0.246 e. The molecule has 0 unspecified atom stereocenters. The maximum atomic E-state index is 12.2. The number of benzene rings is 1. The van der Waals surface area contributed by atoms with E-state index in [1.165, 1.54) is 12.8 Å². The molecule has 1 fully saturated rings. The summed E-state index contributed by atoms with van der Waals surface area (Å²) in [5.41, 5.74) is 0.999. The number of nitrogens with zero attached hydrogens (tertiary/aromatic N) is 2. The van der Waals surface area contributed by atoms with Crippen LogP contribution in [0.5, 0.6) is 0 Å². The van der Waals surface area contributed by atoms with Gasteiger partial charge in [0.25, 0.3) is 0 Å². The molecule has 2 aromatic rings. The first-order valence-electron chi connectivity index (χ1n) is 7.15. The molecule has 0 saturated carbocycles. The number of thiazole rings is 1. The molecule has 0 bridgehead atoms. The number of rotatable bonds is 2. The molecule has 0 spiro atoms. The monoisotopic (exact) mass is 286 g/mol. The van der Waals surface area contributed by atoms with Gasteiger partial charge in [0.2, 0.25) is 5.91 Å². The maximum Gasteiger partial charge on any atom is 0.246 e. The van der Waals surface area contributed by atoms with Gasteiger partial charge in [0.15, 0.2) is 0 Å². The number of hydrogen-bond donors (Lipinski definition) is 0. The van der Waals surface area contributed by atoms with Crippen LogP contribution in [0.25, 0.3) is 16.3 Å². The van der Waals surface area contributed by atoms with Gasteiger partial charge in [-0.1, -0.05) is 25.0 Å². The Kier molecular flexibility index (Phi) is 4.11. The van der Waals surface area contributed by atoms with Crippen molar-refractivity contribution < 1.29 is 4.79 Å². The predicted molar refractivity (Wildman–Crippen MR) is 83.7 cm³/mol. The van der Waals surface area contributed by atoms with E-state index in [2.05, 4.69) is 11.1 Å². The van der Waals surface area contributed by atoms with Crippen molar-refractivity contribution in [3.8, 4) is 0 Å². The summed E-state index contributed by atoms with van der Waals surface area (Å²) in [4.78, 5) is 18.6. The zero-order valence-corrected chi connectivity index (χ0v) is 12.2. The van der Waals surface area contributed by atoms with Gasteiger partial charge in [0.05, 0.1) is 10.2 Å². The van der Waals surface area contributed by atoms with Crippen molar-refractivity contribution in [2.45, 2.75) is 25.7 Å². The van der Waals surface area contributed by atoms with Crippen molar-refractivity contribution in [3.63, 3.8) is 0 Å². The molecule has 1 saturated heterocycles. The van der Waals surface area contributed by atoms with Crippen LogP contribution in [0.3, 0.4) is 0 Å². The molecule has 1 aromatic carbocycles. The predicted octanol–water partition coefficient (Wildman–Crippen LogP) is 3.71. The molecule has 1 aliphatic heterocycles. The largest absolute Gasteiger partial charge is 0.339 e. The van der Waals surface area contributed by atoms with Crippen LogP contribution in [0.4, 0.5) is 0 Å². The normalized spacial score (nSPS) is 16.7. The lowest BCUT2D eigenvalue weighted by Crippen LogP contribution is -2.30. The summed E-state index contributed by atoms with van der Waals surface area (Å²) in [7, 11) is 0. The molecule has 3 rings (SSSR count). The van der Waals surface area contributed by atoms with E-state index >= 15 is 0 Å². The van der Waals surface area contributed by atoms with E-state index in [4.69, 9.17) is 0 Å². The van der Waals surface area contributed by atoms with E-state index in [9.17, 15) is 4.79 Å². The fourth-order valence-corrected chi connectivity index (χ4v) is 3.37. The Morgan fingerprint density at radius 3 is 2.65 bits per heavy atom. The number of amides is 1. The van der Waals surface area contributed by atoms with E-state index in [0.29, 0.717) is 0 Å². The van der Waals surface area contributed by atoms with Gasteiger partial charge in [-0.3, -0.25) is 4.79 Å². The average Bonchev–Trinajstić information content (AvgIpc) is 2.69. The Morgan fingerprint density at radius 2 is 1.90 bits per heavy atom. The fraction of sp³-hybridized carbons (Fsp3) is 0.375. The Bertz CT molecular complexity index is 591. The second-order valence-corrected chi connectivity index (χ2v) is 6.15. The van der Waals surface area contributed by atoms with E-state index in [1.54, 1.807) is 17.4 Å². The summed E-state index contributed by atoms with van der Waals surface area (Å²) in [5.74, 6) is 0.117. The first-order valence-corrected chi connectivity index (χ1v) is 7.97. The molecular weight excluding hydrogens is 268 g/mol. The SMILES string of the molecule is O=C(C=Cc1nc2ccccc2s1)N1CCCCCC1. The summed E-state index contributed by atoms with van der Waals surface area (Å²) in [6, 6.07) is 8.05. The second kappa shape index (κ2) is 6.18. The lowest BCUT2D eigenvalue weighted by atomic mass is 10.2. The lowest BCUT2D eigenvalue weighted by molar-refractivity contribution is -0.125. The standard InChI is InChI=1S/C16H18N2OS/c19-16(18-11-5-1-2-6-12-18)10-9-15-17-13-7-3-4-8-14(13)20-15/h3-4,7-10H,1-2,5-6,11-12H2. The van der Waals surface area contributed by atoms with E-state index in [1.807, 2.05) is 29.2 Å². The van der Waals surface area contributed by atoms with Crippen molar-refractivity contribution in [1.82, 2.24) is 9.88 Å². The summed E-state index contributed by atoms with van der Waals surface area (Å²) in [6.45, 7) is 1.78.